The normalized spacial score (nSPS) is 11.7. The number of nitrogens with one attached hydrogen (secondary N) is 1. The highest BCUT2D eigenvalue weighted by molar-refractivity contribution is 7.90. The lowest BCUT2D eigenvalue weighted by atomic mass is 9.94. The molecule has 28 heavy (non-hydrogen) atoms. The minimum Gasteiger partial charge on any atom is -0.478 e. The molecule has 2 aromatic carbocycles. The Balaban J connectivity index is 2.11. The number of imidazole rings is 1. The number of sulfone groups is 1. The molecule has 0 unspecified atom stereocenters. The fourth-order valence-corrected chi connectivity index (χ4v) is 3.38. The third-order valence-corrected chi connectivity index (χ3v) is 5.22. The first-order valence-corrected chi connectivity index (χ1v) is 10.3. The molecule has 7 nitrogen and oxygen atoms in total. The van der Waals surface area contributed by atoms with Gasteiger partial charge in [0.15, 0.2) is 5.82 Å². The Morgan fingerprint density at radius 3 is 2.68 bits per heavy atom. The van der Waals surface area contributed by atoms with E-state index in [-0.39, 0.29) is 34.6 Å². The van der Waals surface area contributed by atoms with Crippen LogP contribution in [0.3, 0.4) is 0 Å². The smallest absolute Gasteiger partial charge is 0.338 e. The second-order valence-electron chi connectivity index (χ2n) is 6.55. The van der Waals surface area contributed by atoms with Crippen molar-refractivity contribution in [3.05, 3.63) is 47.5 Å². The summed E-state index contributed by atoms with van der Waals surface area (Å²) in [5, 5.41) is 12.4. The number of rotatable bonds is 6. The molecule has 0 bridgehead atoms. The van der Waals surface area contributed by atoms with Crippen molar-refractivity contribution >= 4 is 51.5 Å². The molecule has 3 rings (SSSR count). The van der Waals surface area contributed by atoms with Crippen molar-refractivity contribution in [3.63, 3.8) is 0 Å². The SMILES string of the molecule is [B]c1ccc(Nc2c(C(=O)O)cc3c(ncn3CCS(C)(=O)=O)c2F)c(C)c1. The van der Waals surface area contributed by atoms with Gasteiger partial charge in [-0.05, 0) is 24.6 Å². The van der Waals surface area contributed by atoms with Gasteiger partial charge in [0.25, 0.3) is 0 Å². The highest BCUT2D eigenvalue weighted by atomic mass is 32.2. The number of carboxylic acids is 1. The second-order valence-corrected chi connectivity index (χ2v) is 8.81. The molecule has 10 heteroatoms. The van der Waals surface area contributed by atoms with Gasteiger partial charge >= 0.3 is 5.97 Å². The summed E-state index contributed by atoms with van der Waals surface area (Å²) < 4.78 is 39.3. The maximum Gasteiger partial charge on any atom is 0.338 e. The zero-order valence-electron chi connectivity index (χ0n) is 15.2. The van der Waals surface area contributed by atoms with E-state index in [2.05, 4.69) is 10.3 Å². The first kappa shape index (κ1) is 19.9. The third kappa shape index (κ3) is 4.01. The number of nitrogens with zero attached hydrogens (tertiary/aromatic N) is 2. The molecule has 3 aromatic rings. The minimum absolute atomic E-state index is 0.0394. The minimum atomic E-state index is -3.24. The number of anilines is 2. The Kier molecular flexibility index (Phi) is 5.16. The Bertz CT molecular complexity index is 1190. The Morgan fingerprint density at radius 1 is 1.36 bits per heavy atom. The van der Waals surface area contributed by atoms with Gasteiger partial charge in [-0.1, -0.05) is 17.6 Å². The zero-order chi connectivity index (χ0) is 20.6. The number of aromatic nitrogens is 2. The molecule has 0 fully saturated rings. The lowest BCUT2D eigenvalue weighted by molar-refractivity contribution is 0.0697. The van der Waals surface area contributed by atoms with Crippen LogP contribution < -0.4 is 10.8 Å². The fraction of sp³-hybridized carbons (Fsp3) is 0.222. The molecule has 144 valence electrons. The number of carbonyl (C=O) groups is 1. The van der Waals surface area contributed by atoms with Crippen LogP contribution in [0.1, 0.15) is 15.9 Å². The Labute approximate surface area is 162 Å². The molecule has 0 spiro atoms. The predicted octanol–water partition coefficient (Wildman–Crippen LogP) is 1.76. The topological polar surface area (TPSA) is 101 Å². The van der Waals surface area contributed by atoms with Crippen molar-refractivity contribution < 1.29 is 22.7 Å². The summed E-state index contributed by atoms with van der Waals surface area (Å²) in [5.74, 6) is -2.33. The van der Waals surface area contributed by atoms with Crippen LogP contribution in [0, 0.1) is 12.7 Å². The first-order chi connectivity index (χ1) is 13.1. The zero-order valence-corrected chi connectivity index (χ0v) is 16.0. The van der Waals surface area contributed by atoms with Crippen molar-refractivity contribution in [2.45, 2.75) is 13.5 Å². The van der Waals surface area contributed by atoms with Crippen LogP contribution >= 0.6 is 0 Å². The van der Waals surface area contributed by atoms with Gasteiger partial charge in [-0.2, -0.15) is 0 Å². The molecule has 0 saturated carbocycles. The van der Waals surface area contributed by atoms with Crippen molar-refractivity contribution in [2.75, 3.05) is 17.3 Å². The van der Waals surface area contributed by atoms with E-state index < -0.39 is 21.6 Å². The van der Waals surface area contributed by atoms with Crippen molar-refractivity contribution in [2.24, 2.45) is 0 Å². The highest BCUT2D eigenvalue weighted by Crippen LogP contribution is 2.31. The average molecular weight is 401 g/mol. The van der Waals surface area contributed by atoms with Crippen LogP contribution in [-0.2, 0) is 16.4 Å². The predicted molar refractivity (Wildman–Crippen MR) is 106 cm³/mol. The van der Waals surface area contributed by atoms with E-state index in [0.29, 0.717) is 11.2 Å². The molecule has 1 heterocycles. The van der Waals surface area contributed by atoms with Crippen LogP contribution in [0.4, 0.5) is 15.8 Å². The van der Waals surface area contributed by atoms with Crippen LogP contribution in [0.2, 0.25) is 0 Å². The van der Waals surface area contributed by atoms with E-state index in [9.17, 15) is 18.3 Å². The summed E-state index contributed by atoms with van der Waals surface area (Å²) in [6.07, 6.45) is 2.38. The van der Waals surface area contributed by atoms with Gasteiger partial charge in [0, 0.05) is 18.5 Å². The number of hydrogen-bond acceptors (Lipinski definition) is 5. The van der Waals surface area contributed by atoms with Gasteiger partial charge in [-0.15, -0.1) is 0 Å². The monoisotopic (exact) mass is 401 g/mol. The standard InChI is InChI=1S/C18H17BFN3O4S/c1-10-7-11(19)3-4-13(10)22-16-12(18(24)25)8-14-17(15(16)20)21-9-23(14)5-6-28(2,26)27/h3-4,7-9,22H,5-6H2,1-2H3,(H,24,25). The molecule has 0 saturated heterocycles. The van der Waals surface area contributed by atoms with Crippen molar-refractivity contribution in [1.82, 2.24) is 9.55 Å². The summed E-state index contributed by atoms with van der Waals surface area (Å²) in [6.45, 7) is 1.80. The first-order valence-electron chi connectivity index (χ1n) is 8.28. The van der Waals surface area contributed by atoms with Gasteiger partial charge < -0.3 is 15.0 Å². The largest absolute Gasteiger partial charge is 0.478 e. The molecule has 0 aliphatic heterocycles. The number of halogens is 1. The molecule has 0 aliphatic rings. The quantitative estimate of drug-likeness (QED) is 0.611. The molecule has 1 aromatic heterocycles. The van der Waals surface area contributed by atoms with E-state index in [0.717, 1.165) is 11.8 Å². The van der Waals surface area contributed by atoms with Crippen molar-refractivity contribution in [3.8, 4) is 0 Å². The summed E-state index contributed by atoms with van der Waals surface area (Å²) in [4.78, 5) is 15.7. The van der Waals surface area contributed by atoms with Gasteiger partial charge in [-0.3, -0.25) is 0 Å². The average Bonchev–Trinajstić information content (AvgIpc) is 2.99. The molecule has 0 amide bonds. The van der Waals surface area contributed by atoms with Crippen molar-refractivity contribution in [1.29, 1.82) is 0 Å². The number of fused-ring (bicyclic) bond motifs is 1. The molecule has 2 N–H and O–H groups in total. The molecule has 2 radical (unpaired) electrons. The number of hydrogen-bond donors (Lipinski definition) is 2. The Hall–Kier alpha value is -2.88. The summed E-state index contributed by atoms with van der Waals surface area (Å²) in [7, 11) is 2.47. The van der Waals surface area contributed by atoms with E-state index >= 15 is 4.39 Å². The van der Waals surface area contributed by atoms with E-state index in [1.165, 1.54) is 17.0 Å². The van der Waals surface area contributed by atoms with Crippen LogP contribution in [-0.4, -0.2) is 48.9 Å². The maximum atomic E-state index is 15.1. The summed E-state index contributed by atoms with van der Waals surface area (Å²) in [5.41, 5.74) is 1.40. The van der Waals surface area contributed by atoms with Gasteiger partial charge in [0.2, 0.25) is 0 Å². The third-order valence-electron chi connectivity index (χ3n) is 4.30. The molecule has 0 aliphatic carbocycles. The lowest BCUT2D eigenvalue weighted by Crippen LogP contribution is -2.11. The van der Waals surface area contributed by atoms with Crippen LogP contribution in [0.15, 0.2) is 30.6 Å². The number of carboxylic acid groups (broad SMARTS) is 1. The van der Waals surface area contributed by atoms with E-state index in [1.807, 2.05) is 0 Å². The molecular formula is C18H17BFN3O4S. The highest BCUT2D eigenvalue weighted by Gasteiger charge is 2.22. The van der Waals surface area contributed by atoms with E-state index in [4.69, 9.17) is 7.85 Å². The van der Waals surface area contributed by atoms with E-state index in [1.54, 1.807) is 25.1 Å². The van der Waals surface area contributed by atoms with Crippen LogP contribution in [0.25, 0.3) is 11.0 Å². The maximum absolute atomic E-state index is 15.1. The summed E-state index contributed by atoms with van der Waals surface area (Å²) in [6, 6.07) is 6.21. The fourth-order valence-electron chi connectivity index (χ4n) is 2.85. The van der Waals surface area contributed by atoms with Gasteiger partial charge in [0.05, 0.1) is 28.8 Å². The molecule has 0 atom stereocenters. The molecular weight excluding hydrogens is 384 g/mol. The summed E-state index contributed by atoms with van der Waals surface area (Å²) >= 11 is 0. The van der Waals surface area contributed by atoms with Gasteiger partial charge in [0.1, 0.15) is 23.2 Å². The van der Waals surface area contributed by atoms with Gasteiger partial charge in [-0.25, -0.2) is 22.6 Å². The second kappa shape index (κ2) is 7.27. The van der Waals surface area contributed by atoms with Crippen LogP contribution in [0.5, 0.6) is 0 Å². The Morgan fingerprint density at radius 2 is 2.07 bits per heavy atom. The lowest BCUT2D eigenvalue weighted by Gasteiger charge is -2.14. The number of aromatic carboxylic acids is 1. The number of aryl methyl sites for hydroxylation is 2. The number of benzene rings is 2.